The number of hydrogen-bond acceptors (Lipinski definition) is 7. The lowest BCUT2D eigenvalue weighted by atomic mass is 10.00. The number of cyclic esters (lactones) is 1. The van der Waals surface area contributed by atoms with Crippen molar-refractivity contribution < 1.29 is 18.7 Å². The van der Waals surface area contributed by atoms with Crippen LogP contribution in [-0.4, -0.2) is 40.7 Å². The summed E-state index contributed by atoms with van der Waals surface area (Å²) in [7, 11) is 0. The molecule has 1 unspecified atom stereocenters. The molecular weight excluding hydrogens is 542 g/mol. The number of fused-ring (bicyclic) bond motifs is 1. The van der Waals surface area contributed by atoms with E-state index in [-0.39, 0.29) is 24.9 Å². The van der Waals surface area contributed by atoms with E-state index in [0.717, 1.165) is 16.7 Å². The van der Waals surface area contributed by atoms with Gasteiger partial charge in [-0.05, 0) is 66.9 Å². The first-order valence-corrected chi connectivity index (χ1v) is 14.0. The number of nitrogens with zero attached hydrogens (tertiary/aromatic N) is 4. The third-order valence-corrected chi connectivity index (χ3v) is 7.47. The van der Waals surface area contributed by atoms with Crippen LogP contribution in [0.5, 0.6) is 0 Å². The van der Waals surface area contributed by atoms with Gasteiger partial charge in [0.2, 0.25) is 5.89 Å². The topological polar surface area (TPSA) is 121 Å². The first kappa shape index (κ1) is 27.7. The average Bonchev–Trinajstić information content (AvgIpc) is 3.60. The van der Waals surface area contributed by atoms with Gasteiger partial charge in [-0.15, -0.1) is 0 Å². The maximum atomic E-state index is 13.0. The van der Waals surface area contributed by atoms with Gasteiger partial charge in [0.15, 0.2) is 5.58 Å². The maximum absolute atomic E-state index is 13.0. The van der Waals surface area contributed by atoms with E-state index < -0.39 is 11.7 Å². The number of oxazole rings is 1. The molecule has 1 fully saturated rings. The second kappa shape index (κ2) is 11.1. The Bertz CT molecular complexity index is 1860. The number of amides is 2. The summed E-state index contributed by atoms with van der Waals surface area (Å²) in [5.74, 6) is 0.756. The molecule has 1 N–H and O–H groups in total. The number of benzene rings is 3. The predicted octanol–water partition coefficient (Wildman–Crippen LogP) is 6.70. The summed E-state index contributed by atoms with van der Waals surface area (Å²) in [5, 5.41) is 12.3. The van der Waals surface area contributed by atoms with Gasteiger partial charge in [-0.3, -0.25) is 9.69 Å². The second-order valence-corrected chi connectivity index (χ2v) is 11.1. The minimum atomic E-state index is -0.930. The van der Waals surface area contributed by atoms with Crippen molar-refractivity contribution in [2.24, 2.45) is 0 Å². The molecule has 1 atom stereocenters. The van der Waals surface area contributed by atoms with E-state index in [1.54, 1.807) is 49.5 Å². The first-order chi connectivity index (χ1) is 20.7. The Morgan fingerprint density at radius 3 is 2.47 bits per heavy atom. The molecule has 2 amide bonds. The first-order valence-electron chi connectivity index (χ1n) is 14.0. The highest BCUT2D eigenvalue weighted by atomic mass is 16.6. The summed E-state index contributed by atoms with van der Waals surface area (Å²) in [6, 6.07) is 26.2. The fourth-order valence-corrected chi connectivity index (χ4v) is 5.12. The summed E-state index contributed by atoms with van der Waals surface area (Å²) < 4.78 is 11.7. The molecule has 0 aliphatic carbocycles. The molecule has 3 aromatic carbocycles. The summed E-state index contributed by atoms with van der Waals surface area (Å²) in [6.45, 7) is 6.23. The molecule has 1 aliphatic heterocycles. The molecule has 9 nitrogen and oxygen atoms in total. The van der Waals surface area contributed by atoms with Crippen molar-refractivity contribution in [3.8, 4) is 28.7 Å². The maximum Gasteiger partial charge on any atom is 0.416 e. The van der Waals surface area contributed by atoms with Crippen LogP contribution in [0.3, 0.4) is 0 Å². The van der Waals surface area contributed by atoms with Gasteiger partial charge in [0, 0.05) is 28.5 Å². The molecule has 0 spiro atoms. The molecule has 1 aliphatic rings. The number of pyridine rings is 1. The summed E-state index contributed by atoms with van der Waals surface area (Å²) in [5.41, 5.74) is 4.93. The number of ether oxygens (including phenoxy) is 1. The van der Waals surface area contributed by atoms with Gasteiger partial charge in [-0.25, -0.2) is 14.8 Å². The van der Waals surface area contributed by atoms with E-state index in [1.807, 2.05) is 56.3 Å². The molecule has 5 aromatic rings. The smallest absolute Gasteiger partial charge is 0.416 e. The van der Waals surface area contributed by atoms with E-state index >= 15 is 0 Å². The summed E-state index contributed by atoms with van der Waals surface area (Å²) in [4.78, 5) is 36.2. The van der Waals surface area contributed by atoms with E-state index in [2.05, 4.69) is 21.4 Å². The van der Waals surface area contributed by atoms with Crippen LogP contribution in [0.1, 0.15) is 48.2 Å². The Balaban J connectivity index is 1.11. The molecule has 9 heteroatoms. The van der Waals surface area contributed by atoms with Gasteiger partial charge in [-0.1, -0.05) is 44.2 Å². The van der Waals surface area contributed by atoms with Crippen LogP contribution >= 0.6 is 0 Å². The van der Waals surface area contributed by atoms with Crippen molar-refractivity contribution in [3.05, 3.63) is 102 Å². The van der Waals surface area contributed by atoms with Crippen molar-refractivity contribution in [2.75, 3.05) is 18.0 Å². The number of hydrogen-bond donors (Lipinski definition) is 1. The lowest BCUT2D eigenvalue weighted by molar-refractivity contribution is 0.0653. The SMILES string of the molecule is CC(C)c1cc(C#N)cc2nc(-c3ccc(C(=O)NCC4(C)CN(c5ccc(-c6ccccc6)cn5)C(=O)O4)cc3)oc12. The Labute approximate surface area is 248 Å². The van der Waals surface area contributed by atoms with Crippen LogP contribution < -0.4 is 10.2 Å². The van der Waals surface area contributed by atoms with Gasteiger partial charge in [-0.2, -0.15) is 5.26 Å². The Kier molecular flexibility index (Phi) is 7.12. The lowest BCUT2D eigenvalue weighted by Crippen LogP contribution is -2.43. The normalized spacial score (nSPS) is 16.3. The van der Waals surface area contributed by atoms with Crippen molar-refractivity contribution >= 4 is 28.9 Å². The molecule has 0 bridgehead atoms. The molecule has 0 radical (unpaired) electrons. The van der Waals surface area contributed by atoms with Crippen molar-refractivity contribution in [3.63, 3.8) is 0 Å². The van der Waals surface area contributed by atoms with Crippen LogP contribution in [0.4, 0.5) is 10.6 Å². The van der Waals surface area contributed by atoms with E-state index in [4.69, 9.17) is 9.15 Å². The van der Waals surface area contributed by atoms with E-state index in [0.29, 0.717) is 39.5 Å². The monoisotopic (exact) mass is 571 g/mol. The van der Waals surface area contributed by atoms with Crippen LogP contribution in [0, 0.1) is 11.3 Å². The minimum absolute atomic E-state index is 0.127. The number of carbonyl (C=O) groups excluding carboxylic acids is 2. The highest BCUT2D eigenvalue weighted by molar-refractivity contribution is 5.95. The third kappa shape index (κ3) is 5.55. The van der Waals surface area contributed by atoms with Crippen molar-refractivity contribution in [1.29, 1.82) is 5.26 Å². The fraction of sp³-hybridized carbons (Fsp3) is 0.206. The van der Waals surface area contributed by atoms with Crippen LogP contribution in [0.2, 0.25) is 0 Å². The molecule has 214 valence electrons. The Morgan fingerprint density at radius 2 is 1.79 bits per heavy atom. The number of nitriles is 1. The predicted molar refractivity (Wildman–Crippen MR) is 162 cm³/mol. The Morgan fingerprint density at radius 1 is 1.05 bits per heavy atom. The minimum Gasteiger partial charge on any atom is -0.439 e. The molecular formula is C34H29N5O4. The van der Waals surface area contributed by atoms with Crippen LogP contribution in [0.25, 0.3) is 33.7 Å². The summed E-state index contributed by atoms with van der Waals surface area (Å²) >= 11 is 0. The van der Waals surface area contributed by atoms with Crippen molar-refractivity contribution in [2.45, 2.75) is 32.3 Å². The van der Waals surface area contributed by atoms with E-state index in [9.17, 15) is 14.9 Å². The number of anilines is 1. The van der Waals surface area contributed by atoms with Gasteiger partial charge >= 0.3 is 6.09 Å². The molecule has 43 heavy (non-hydrogen) atoms. The van der Waals surface area contributed by atoms with Crippen LogP contribution in [0.15, 0.2) is 89.5 Å². The number of rotatable bonds is 7. The molecule has 1 saturated heterocycles. The zero-order chi connectivity index (χ0) is 30.1. The van der Waals surface area contributed by atoms with Gasteiger partial charge in [0.05, 0.1) is 24.7 Å². The highest BCUT2D eigenvalue weighted by Crippen LogP contribution is 2.32. The molecule has 3 heterocycles. The van der Waals surface area contributed by atoms with Gasteiger partial charge in [0.1, 0.15) is 16.9 Å². The van der Waals surface area contributed by atoms with Gasteiger partial charge in [0.25, 0.3) is 5.91 Å². The molecule has 6 rings (SSSR count). The number of aromatic nitrogens is 2. The average molecular weight is 572 g/mol. The summed E-state index contributed by atoms with van der Waals surface area (Å²) in [6.07, 6.45) is 1.22. The van der Waals surface area contributed by atoms with E-state index in [1.165, 1.54) is 4.90 Å². The second-order valence-electron chi connectivity index (χ2n) is 11.1. The molecule has 2 aromatic heterocycles. The zero-order valence-electron chi connectivity index (χ0n) is 24.0. The lowest BCUT2D eigenvalue weighted by Gasteiger charge is -2.22. The molecule has 0 saturated carbocycles. The third-order valence-electron chi connectivity index (χ3n) is 7.47. The highest BCUT2D eigenvalue weighted by Gasteiger charge is 2.43. The standard InChI is InChI=1S/C34H29N5O4/c1-21(2)27-15-22(17-35)16-28-30(27)42-32(38-28)25-11-9-24(10-12-25)31(40)37-19-34(3)20-39(33(41)43-34)29-14-13-26(18-36-29)23-7-5-4-6-8-23/h4-16,18,21H,19-20H2,1-3H3,(H,37,40). The Hall–Kier alpha value is -5.49. The quantitative estimate of drug-likeness (QED) is 0.231. The van der Waals surface area contributed by atoms with Crippen LogP contribution in [-0.2, 0) is 4.74 Å². The number of carbonyl (C=O) groups is 2. The van der Waals surface area contributed by atoms with Gasteiger partial charge < -0.3 is 14.5 Å². The largest absolute Gasteiger partial charge is 0.439 e. The number of nitrogens with one attached hydrogen (secondary N) is 1. The zero-order valence-corrected chi connectivity index (χ0v) is 24.0. The fourth-order valence-electron chi connectivity index (χ4n) is 5.12. The van der Waals surface area contributed by atoms with Crippen molar-refractivity contribution in [1.82, 2.24) is 15.3 Å².